The van der Waals surface area contributed by atoms with E-state index >= 15 is 0 Å². The van der Waals surface area contributed by atoms with Crippen molar-refractivity contribution in [2.75, 3.05) is 19.8 Å². The number of hydrogen-bond acceptors (Lipinski definition) is 11. The van der Waals surface area contributed by atoms with Gasteiger partial charge in [0.1, 0.15) is 42.7 Å². The third kappa shape index (κ3) is 29.7. The van der Waals surface area contributed by atoms with Crippen molar-refractivity contribution in [3.8, 4) is 0 Å². The molecule has 6 atom stereocenters. The Balaban J connectivity index is 2.39. The van der Waals surface area contributed by atoms with Gasteiger partial charge in [-0.05, 0) is 44.9 Å². The molecule has 1 rings (SSSR count). The number of carbonyl (C=O) groups is 1. The van der Waals surface area contributed by atoms with Crippen molar-refractivity contribution in [2.45, 2.75) is 243 Å². The van der Waals surface area contributed by atoms with Crippen molar-refractivity contribution in [2.24, 2.45) is 0 Å². The number of phosphoric ester groups is 1. The van der Waals surface area contributed by atoms with E-state index < -0.39 is 63.1 Å². The number of ether oxygens (including phenoxy) is 2. The van der Waals surface area contributed by atoms with Crippen LogP contribution in [0.1, 0.15) is 200 Å². The number of unbranched alkanes of at least 4 members (excludes halogenated alkanes) is 24. The summed E-state index contributed by atoms with van der Waals surface area (Å²) >= 11 is 0. The average molecular weight is 863 g/mol. The maximum Gasteiger partial charge on any atom is 0.472 e. The van der Waals surface area contributed by atoms with E-state index in [0.29, 0.717) is 13.0 Å². The van der Waals surface area contributed by atoms with Gasteiger partial charge in [0.05, 0.1) is 13.2 Å². The van der Waals surface area contributed by atoms with Gasteiger partial charge in [-0.3, -0.25) is 13.8 Å². The molecule has 0 aromatic heterocycles. The molecule has 0 bridgehead atoms. The summed E-state index contributed by atoms with van der Waals surface area (Å²) in [7, 11) is -5.02. The first-order chi connectivity index (χ1) is 28.5. The zero-order chi connectivity index (χ0) is 43.4. The number of hydrogen-bond donors (Lipinski definition) is 6. The zero-order valence-electron chi connectivity index (χ0n) is 37.1. The van der Waals surface area contributed by atoms with Crippen molar-refractivity contribution < 1.29 is 58.3 Å². The van der Waals surface area contributed by atoms with Crippen LogP contribution < -0.4 is 0 Å². The number of esters is 1. The van der Waals surface area contributed by atoms with Gasteiger partial charge in [-0.2, -0.15) is 0 Å². The van der Waals surface area contributed by atoms with Gasteiger partial charge >= 0.3 is 13.8 Å². The fourth-order valence-electron chi connectivity index (χ4n) is 7.27. The van der Waals surface area contributed by atoms with E-state index in [1.165, 1.54) is 116 Å². The summed E-state index contributed by atoms with van der Waals surface area (Å²) in [5.74, 6) is -0.483. The Kier molecular flexibility index (Phi) is 35.4. The molecule has 12 nitrogen and oxygen atoms in total. The van der Waals surface area contributed by atoms with E-state index in [9.17, 15) is 39.8 Å². The molecule has 6 N–H and O–H groups in total. The van der Waals surface area contributed by atoms with Gasteiger partial charge in [-0.15, -0.1) is 0 Å². The zero-order valence-corrected chi connectivity index (χ0v) is 38.0. The molecule has 0 aromatic rings. The lowest BCUT2D eigenvalue weighted by atomic mass is 9.85. The first-order valence-corrected chi connectivity index (χ1v) is 25.2. The van der Waals surface area contributed by atoms with Gasteiger partial charge in [0.15, 0.2) is 0 Å². The van der Waals surface area contributed by atoms with Crippen molar-refractivity contribution >= 4 is 13.8 Å². The summed E-state index contributed by atoms with van der Waals surface area (Å²) in [6.45, 7) is 4.25. The van der Waals surface area contributed by atoms with E-state index in [2.05, 4.69) is 38.2 Å². The van der Waals surface area contributed by atoms with Crippen LogP contribution in [0.5, 0.6) is 0 Å². The highest BCUT2D eigenvalue weighted by Gasteiger charge is 2.51. The monoisotopic (exact) mass is 863 g/mol. The maximum atomic E-state index is 12.8. The van der Waals surface area contributed by atoms with Crippen LogP contribution in [0.4, 0.5) is 0 Å². The highest BCUT2D eigenvalue weighted by molar-refractivity contribution is 7.47. The molecule has 6 unspecified atom stereocenters. The van der Waals surface area contributed by atoms with Gasteiger partial charge in [-0.25, -0.2) is 4.57 Å². The Labute approximate surface area is 358 Å². The number of aliphatic hydroxyl groups excluding tert-OH is 5. The quantitative estimate of drug-likeness (QED) is 0.0148. The van der Waals surface area contributed by atoms with Crippen LogP contribution in [-0.4, -0.2) is 98.9 Å². The van der Waals surface area contributed by atoms with Gasteiger partial charge in [-0.1, -0.05) is 173 Å². The molecule has 348 valence electrons. The molecule has 0 saturated heterocycles. The van der Waals surface area contributed by atoms with Gasteiger partial charge in [0, 0.05) is 13.0 Å². The first kappa shape index (κ1) is 55.8. The van der Waals surface area contributed by atoms with Crippen LogP contribution in [0.15, 0.2) is 24.3 Å². The van der Waals surface area contributed by atoms with E-state index in [0.717, 1.165) is 57.8 Å². The fraction of sp³-hybridized carbons (Fsp3) is 0.891. The Morgan fingerprint density at radius 1 is 0.542 bits per heavy atom. The highest BCUT2D eigenvalue weighted by Crippen LogP contribution is 2.47. The van der Waals surface area contributed by atoms with Crippen molar-refractivity contribution in [1.82, 2.24) is 0 Å². The van der Waals surface area contributed by atoms with Gasteiger partial charge < -0.3 is 39.9 Å². The number of allylic oxidation sites excluding steroid dienone is 4. The predicted octanol–water partition coefficient (Wildman–Crippen LogP) is 9.70. The second-order valence-corrected chi connectivity index (χ2v) is 18.0. The molecule has 1 aliphatic rings. The number of rotatable bonds is 40. The molecule has 0 heterocycles. The lowest BCUT2D eigenvalue weighted by Gasteiger charge is -2.41. The highest BCUT2D eigenvalue weighted by atomic mass is 31.2. The number of aliphatic hydroxyl groups is 5. The molecule has 1 fully saturated rings. The van der Waals surface area contributed by atoms with E-state index in [1.54, 1.807) is 0 Å². The van der Waals surface area contributed by atoms with Crippen molar-refractivity contribution in [3.05, 3.63) is 24.3 Å². The number of phosphoric acid groups is 1. The minimum atomic E-state index is -5.02. The Hall–Kier alpha value is -1.18. The van der Waals surface area contributed by atoms with E-state index in [1.807, 2.05) is 0 Å². The predicted molar refractivity (Wildman–Crippen MR) is 235 cm³/mol. The smallest absolute Gasteiger partial charge is 0.457 e. The van der Waals surface area contributed by atoms with Crippen molar-refractivity contribution in [3.63, 3.8) is 0 Å². The van der Waals surface area contributed by atoms with E-state index in [-0.39, 0.29) is 13.0 Å². The fourth-order valence-corrected chi connectivity index (χ4v) is 8.24. The molecule has 0 radical (unpaired) electrons. The molecule has 13 heteroatoms. The van der Waals surface area contributed by atoms with Crippen LogP contribution >= 0.6 is 7.82 Å². The molecular formula is C46H87O12P. The average Bonchev–Trinajstić information content (AvgIpc) is 3.22. The lowest BCUT2D eigenvalue weighted by molar-refractivity contribution is -0.220. The Bertz CT molecular complexity index is 1070. The van der Waals surface area contributed by atoms with Gasteiger partial charge in [0.25, 0.3) is 0 Å². The van der Waals surface area contributed by atoms with E-state index in [4.69, 9.17) is 18.5 Å². The third-order valence-electron chi connectivity index (χ3n) is 11.1. The first-order valence-electron chi connectivity index (χ1n) is 23.7. The minimum Gasteiger partial charge on any atom is -0.457 e. The standard InChI is InChI=1S/C46H87O12P/c1-3-5-7-9-11-13-15-17-19-20-21-23-25-27-29-31-33-35-40(47)57-39(38-56-59(53,54)58-46-44(51)42(49)41(48)43(50)45(46)52)37-55-36-34-32-30-28-26-24-22-18-16-14-12-10-8-6-4-2/h11,13,17,19,39,41-46,48-52H,3-10,12,14-16,18,20-38H2,1-2H3,(H,53,54)/b13-11-,19-17-. The molecule has 1 saturated carbocycles. The second-order valence-electron chi connectivity index (χ2n) is 16.6. The largest absolute Gasteiger partial charge is 0.472 e. The number of carbonyl (C=O) groups excluding carboxylic acids is 1. The SMILES string of the molecule is CCCCC/C=C\C/C=C\CCCCCCCCCC(=O)OC(COCCCCCCCCCCCCCCCCC)COP(=O)(O)OC1C(O)C(O)C(O)C(O)C1O. The third-order valence-corrected chi connectivity index (χ3v) is 12.1. The van der Waals surface area contributed by atoms with Crippen molar-refractivity contribution in [1.29, 1.82) is 0 Å². The molecule has 1 aliphatic carbocycles. The maximum absolute atomic E-state index is 12.8. The van der Waals surface area contributed by atoms with Crippen LogP contribution in [0.3, 0.4) is 0 Å². The summed E-state index contributed by atoms with van der Waals surface area (Å²) in [5, 5.41) is 50.2. The van der Waals surface area contributed by atoms with Crippen LogP contribution in [0.25, 0.3) is 0 Å². The minimum absolute atomic E-state index is 0.0758. The molecule has 59 heavy (non-hydrogen) atoms. The van der Waals surface area contributed by atoms with Crippen LogP contribution in [-0.2, 0) is 27.9 Å². The summed E-state index contributed by atoms with van der Waals surface area (Å²) in [6.07, 6.45) is 29.5. The molecular weight excluding hydrogens is 775 g/mol. The summed E-state index contributed by atoms with van der Waals surface area (Å²) in [4.78, 5) is 23.2. The lowest BCUT2D eigenvalue weighted by Crippen LogP contribution is -2.64. The Morgan fingerprint density at radius 3 is 1.46 bits per heavy atom. The second kappa shape index (κ2) is 37.4. The Morgan fingerprint density at radius 2 is 0.949 bits per heavy atom. The molecule has 0 aliphatic heterocycles. The normalized spacial score (nSPS) is 22.6. The topological polar surface area (TPSA) is 192 Å². The molecule has 0 aromatic carbocycles. The van der Waals surface area contributed by atoms with Gasteiger partial charge in [0.2, 0.25) is 0 Å². The summed E-state index contributed by atoms with van der Waals surface area (Å²) < 4.78 is 34.2. The van der Waals surface area contributed by atoms with Crippen LogP contribution in [0, 0.1) is 0 Å². The molecule has 0 amide bonds. The summed E-state index contributed by atoms with van der Waals surface area (Å²) in [5.41, 5.74) is 0. The molecule has 0 spiro atoms. The van der Waals surface area contributed by atoms with Crippen LogP contribution in [0.2, 0.25) is 0 Å². The summed E-state index contributed by atoms with van der Waals surface area (Å²) in [6, 6.07) is 0.